The predicted molar refractivity (Wildman–Crippen MR) is 77.2 cm³/mol. The number of carbonyl (C=O) groups is 4. The van der Waals surface area contributed by atoms with Crippen LogP contribution in [0.4, 0.5) is 0 Å². The summed E-state index contributed by atoms with van der Waals surface area (Å²) in [5.74, 6) is -2.88. The lowest BCUT2D eigenvalue weighted by Crippen LogP contribution is -2.14. The number of carbonyl (C=O) groups excluding carboxylic acids is 2. The second-order valence-corrected chi connectivity index (χ2v) is 4.30. The summed E-state index contributed by atoms with van der Waals surface area (Å²) in [6, 6.07) is 5.97. The standard InChI is InChI=1S/C8H8N2O2.C6H10O4/c9-7(11)5-2-1-3-6(4-5)8(10)12;7-5(8)3-1-2-4-6(9)10/h1-4H,(H2,9,11)(H2,10,12);1-4H2,(H,7,8)(H,9,10). The van der Waals surface area contributed by atoms with Crippen LogP contribution in [0.25, 0.3) is 0 Å². The molecule has 0 atom stereocenters. The minimum Gasteiger partial charge on any atom is -0.481 e. The van der Waals surface area contributed by atoms with Gasteiger partial charge in [0.15, 0.2) is 0 Å². The number of nitrogens with two attached hydrogens (primary N) is 2. The molecule has 0 radical (unpaired) electrons. The number of aliphatic carboxylic acids is 2. The Labute approximate surface area is 126 Å². The van der Waals surface area contributed by atoms with Crippen molar-refractivity contribution in [2.75, 3.05) is 0 Å². The predicted octanol–water partition coefficient (Wildman–Crippen LogP) is 0.600. The van der Waals surface area contributed by atoms with Crippen LogP contribution in [-0.4, -0.2) is 34.0 Å². The molecular weight excluding hydrogens is 292 g/mol. The molecule has 0 aromatic heterocycles. The SMILES string of the molecule is NC(=O)c1cccc(C(N)=O)c1.O=C(O)CCCCC(=O)O. The number of hydrogen-bond acceptors (Lipinski definition) is 4. The Kier molecular flexibility index (Phi) is 8.61. The van der Waals surface area contributed by atoms with Crippen LogP contribution in [-0.2, 0) is 9.59 Å². The van der Waals surface area contributed by atoms with Crippen molar-refractivity contribution in [2.24, 2.45) is 11.5 Å². The molecule has 0 aliphatic rings. The van der Waals surface area contributed by atoms with Crippen molar-refractivity contribution in [1.82, 2.24) is 0 Å². The fourth-order valence-corrected chi connectivity index (χ4v) is 1.38. The molecule has 8 heteroatoms. The first-order chi connectivity index (χ1) is 10.2. The summed E-state index contributed by atoms with van der Waals surface area (Å²) < 4.78 is 0. The van der Waals surface area contributed by atoms with E-state index in [4.69, 9.17) is 21.7 Å². The number of carboxylic acid groups (broad SMARTS) is 2. The first-order valence-corrected chi connectivity index (χ1v) is 6.37. The molecule has 0 heterocycles. The summed E-state index contributed by atoms with van der Waals surface area (Å²) >= 11 is 0. The van der Waals surface area contributed by atoms with Crippen LogP contribution in [0.5, 0.6) is 0 Å². The lowest BCUT2D eigenvalue weighted by molar-refractivity contribution is -0.139. The van der Waals surface area contributed by atoms with Gasteiger partial charge in [-0.05, 0) is 31.0 Å². The highest BCUT2D eigenvalue weighted by molar-refractivity contribution is 5.98. The van der Waals surface area contributed by atoms with Crippen molar-refractivity contribution in [1.29, 1.82) is 0 Å². The Hall–Kier alpha value is -2.90. The Morgan fingerprint density at radius 3 is 1.45 bits per heavy atom. The van der Waals surface area contributed by atoms with Crippen molar-refractivity contribution in [3.05, 3.63) is 35.4 Å². The molecule has 0 spiro atoms. The monoisotopic (exact) mass is 310 g/mol. The van der Waals surface area contributed by atoms with Gasteiger partial charge in [-0.2, -0.15) is 0 Å². The minimum absolute atomic E-state index is 0.0628. The van der Waals surface area contributed by atoms with Crippen molar-refractivity contribution in [3.8, 4) is 0 Å². The minimum atomic E-state index is -0.870. The van der Waals surface area contributed by atoms with Crippen LogP contribution >= 0.6 is 0 Å². The fraction of sp³-hybridized carbons (Fsp3) is 0.286. The fourth-order valence-electron chi connectivity index (χ4n) is 1.38. The maximum absolute atomic E-state index is 10.6. The molecule has 0 saturated carbocycles. The first-order valence-electron chi connectivity index (χ1n) is 6.37. The molecule has 6 N–H and O–H groups in total. The van der Waals surface area contributed by atoms with Crippen LogP contribution < -0.4 is 11.5 Å². The molecule has 2 amide bonds. The average molecular weight is 310 g/mol. The lowest BCUT2D eigenvalue weighted by atomic mass is 10.1. The van der Waals surface area contributed by atoms with Gasteiger partial charge in [-0.15, -0.1) is 0 Å². The maximum Gasteiger partial charge on any atom is 0.303 e. The molecule has 8 nitrogen and oxygen atoms in total. The topological polar surface area (TPSA) is 161 Å². The smallest absolute Gasteiger partial charge is 0.303 e. The van der Waals surface area contributed by atoms with Gasteiger partial charge in [0, 0.05) is 24.0 Å². The third-order valence-corrected chi connectivity index (χ3v) is 2.46. The van der Waals surface area contributed by atoms with Gasteiger partial charge in [0.25, 0.3) is 0 Å². The zero-order valence-electron chi connectivity index (χ0n) is 11.8. The zero-order chi connectivity index (χ0) is 17.1. The highest BCUT2D eigenvalue weighted by Gasteiger charge is 2.03. The van der Waals surface area contributed by atoms with Gasteiger partial charge in [0.2, 0.25) is 11.8 Å². The number of rotatable bonds is 7. The Bertz CT molecular complexity index is 511. The molecule has 120 valence electrons. The van der Waals surface area contributed by atoms with E-state index >= 15 is 0 Å². The van der Waals surface area contributed by atoms with E-state index in [9.17, 15) is 19.2 Å². The van der Waals surface area contributed by atoms with Crippen LogP contribution in [0.15, 0.2) is 24.3 Å². The quantitative estimate of drug-likeness (QED) is 0.539. The molecule has 0 aliphatic carbocycles. The highest BCUT2D eigenvalue weighted by Crippen LogP contribution is 2.03. The van der Waals surface area contributed by atoms with E-state index in [1.165, 1.54) is 18.2 Å². The largest absolute Gasteiger partial charge is 0.481 e. The summed E-state index contributed by atoms with van der Waals surface area (Å²) in [5.41, 5.74) is 10.6. The van der Waals surface area contributed by atoms with E-state index in [2.05, 4.69) is 0 Å². The second-order valence-electron chi connectivity index (χ2n) is 4.30. The average Bonchev–Trinajstić information content (AvgIpc) is 2.44. The van der Waals surface area contributed by atoms with Crippen LogP contribution in [0.2, 0.25) is 0 Å². The number of hydrogen-bond donors (Lipinski definition) is 4. The summed E-state index contributed by atoms with van der Waals surface area (Å²) in [6.07, 6.45) is 1.02. The molecule has 1 aromatic rings. The summed E-state index contributed by atoms with van der Waals surface area (Å²) in [6.45, 7) is 0. The second kappa shape index (κ2) is 9.92. The first kappa shape index (κ1) is 19.1. The van der Waals surface area contributed by atoms with Crippen molar-refractivity contribution >= 4 is 23.8 Å². The Balaban J connectivity index is 0.000000409. The van der Waals surface area contributed by atoms with E-state index in [0.717, 1.165) is 0 Å². The molecule has 0 saturated heterocycles. The van der Waals surface area contributed by atoms with E-state index in [1.807, 2.05) is 0 Å². The van der Waals surface area contributed by atoms with Gasteiger partial charge in [-0.25, -0.2) is 0 Å². The third kappa shape index (κ3) is 9.08. The molecular formula is C14H18N2O6. The van der Waals surface area contributed by atoms with Gasteiger partial charge in [0.1, 0.15) is 0 Å². The number of primary amides is 2. The van der Waals surface area contributed by atoms with E-state index in [0.29, 0.717) is 12.8 Å². The molecule has 0 bridgehead atoms. The summed E-state index contributed by atoms with van der Waals surface area (Å²) in [5, 5.41) is 16.3. The van der Waals surface area contributed by atoms with Crippen LogP contribution in [0, 0.1) is 0 Å². The zero-order valence-corrected chi connectivity index (χ0v) is 11.8. The van der Waals surface area contributed by atoms with Gasteiger partial charge >= 0.3 is 11.9 Å². The molecule has 0 unspecified atom stereocenters. The number of benzene rings is 1. The molecule has 1 aromatic carbocycles. The van der Waals surface area contributed by atoms with Crippen molar-refractivity contribution in [3.63, 3.8) is 0 Å². The molecule has 0 aliphatic heterocycles. The Morgan fingerprint density at radius 1 is 0.818 bits per heavy atom. The van der Waals surface area contributed by atoms with Gasteiger partial charge in [0.05, 0.1) is 0 Å². The van der Waals surface area contributed by atoms with Crippen LogP contribution in [0.1, 0.15) is 46.4 Å². The van der Waals surface area contributed by atoms with Crippen molar-refractivity contribution < 1.29 is 29.4 Å². The van der Waals surface area contributed by atoms with E-state index in [-0.39, 0.29) is 24.0 Å². The Morgan fingerprint density at radius 2 is 1.18 bits per heavy atom. The van der Waals surface area contributed by atoms with Gasteiger partial charge < -0.3 is 21.7 Å². The molecule has 1 rings (SSSR count). The highest BCUT2D eigenvalue weighted by atomic mass is 16.4. The normalized spacial score (nSPS) is 9.27. The third-order valence-electron chi connectivity index (χ3n) is 2.46. The number of unbranched alkanes of at least 4 members (excludes halogenated alkanes) is 1. The van der Waals surface area contributed by atoms with E-state index in [1.54, 1.807) is 6.07 Å². The molecule has 22 heavy (non-hydrogen) atoms. The lowest BCUT2D eigenvalue weighted by Gasteiger charge is -1.97. The van der Waals surface area contributed by atoms with Gasteiger partial charge in [-0.3, -0.25) is 19.2 Å². The van der Waals surface area contributed by atoms with Gasteiger partial charge in [-0.1, -0.05) is 6.07 Å². The molecule has 0 fully saturated rings. The van der Waals surface area contributed by atoms with Crippen LogP contribution in [0.3, 0.4) is 0 Å². The van der Waals surface area contributed by atoms with Crippen molar-refractivity contribution in [2.45, 2.75) is 25.7 Å². The summed E-state index contributed by atoms with van der Waals surface area (Å²) in [7, 11) is 0. The maximum atomic E-state index is 10.6. The van der Waals surface area contributed by atoms with E-state index < -0.39 is 23.8 Å². The number of amides is 2. The summed E-state index contributed by atoms with van der Waals surface area (Å²) in [4.78, 5) is 41.1. The number of carboxylic acids is 2.